The highest BCUT2D eigenvalue weighted by Crippen LogP contribution is 2.37. The van der Waals surface area contributed by atoms with Crippen LogP contribution in [0, 0.1) is 0 Å². The van der Waals surface area contributed by atoms with Gasteiger partial charge in [-0.15, -0.1) is 0 Å². The quantitative estimate of drug-likeness (QED) is 0.794. The Bertz CT molecular complexity index is 533. The van der Waals surface area contributed by atoms with Crippen LogP contribution in [-0.4, -0.2) is 29.0 Å². The first kappa shape index (κ1) is 14.1. The summed E-state index contributed by atoms with van der Waals surface area (Å²) >= 11 is 0. The maximum absolute atomic E-state index is 10.2. The third-order valence-corrected chi connectivity index (χ3v) is 4.90. The first-order valence-electron chi connectivity index (χ1n) is 7.29. The third kappa shape index (κ3) is 2.20. The maximum atomic E-state index is 10.2. The lowest BCUT2D eigenvalue weighted by Crippen LogP contribution is -2.41. The van der Waals surface area contributed by atoms with Crippen LogP contribution < -0.4 is 5.46 Å². The number of hydrogen-bond acceptors (Lipinski definition) is 3. The van der Waals surface area contributed by atoms with E-state index in [0.717, 1.165) is 11.9 Å². The number of hydrogen-bond donors (Lipinski definition) is 1. The molecule has 1 unspecified atom stereocenters. The molecule has 1 heterocycles. The molecule has 0 amide bonds. The van der Waals surface area contributed by atoms with Crippen molar-refractivity contribution in [1.29, 1.82) is 0 Å². The van der Waals surface area contributed by atoms with Gasteiger partial charge < -0.3 is 14.4 Å². The summed E-state index contributed by atoms with van der Waals surface area (Å²) in [5.74, 6) is 0. The molecule has 108 valence electrons. The summed E-state index contributed by atoms with van der Waals surface area (Å²) in [6, 6.07) is 6.28. The summed E-state index contributed by atoms with van der Waals surface area (Å²) in [4.78, 5) is 0. The summed E-state index contributed by atoms with van der Waals surface area (Å²) < 4.78 is 12.2. The molecule has 3 nitrogen and oxygen atoms in total. The van der Waals surface area contributed by atoms with E-state index in [4.69, 9.17) is 9.31 Å². The molecule has 20 heavy (non-hydrogen) atoms. The zero-order valence-electron chi connectivity index (χ0n) is 13.0. The van der Waals surface area contributed by atoms with E-state index in [2.05, 4.69) is 45.9 Å². The summed E-state index contributed by atoms with van der Waals surface area (Å²) in [7, 11) is -0.323. The molecule has 0 aromatic heterocycles. The lowest BCUT2D eigenvalue weighted by molar-refractivity contribution is 0.00578. The minimum atomic E-state index is -0.614. The Morgan fingerprint density at radius 3 is 2.10 bits per heavy atom. The van der Waals surface area contributed by atoms with Gasteiger partial charge in [-0.1, -0.05) is 18.2 Å². The molecule has 0 bridgehead atoms. The highest BCUT2D eigenvalue weighted by molar-refractivity contribution is 6.62. The predicted molar refractivity (Wildman–Crippen MR) is 80.2 cm³/mol. The fourth-order valence-electron chi connectivity index (χ4n) is 2.99. The molecular weight excluding hydrogens is 251 g/mol. The van der Waals surface area contributed by atoms with Crippen molar-refractivity contribution in [2.45, 2.75) is 64.3 Å². The minimum Gasteiger partial charge on any atom is -0.399 e. The zero-order valence-corrected chi connectivity index (χ0v) is 13.0. The van der Waals surface area contributed by atoms with Crippen LogP contribution in [0.15, 0.2) is 18.2 Å². The van der Waals surface area contributed by atoms with Crippen molar-refractivity contribution in [3.63, 3.8) is 0 Å². The number of fused-ring (bicyclic) bond motifs is 1. The van der Waals surface area contributed by atoms with Crippen molar-refractivity contribution < 1.29 is 14.4 Å². The second-order valence-electron chi connectivity index (χ2n) is 7.47. The van der Waals surface area contributed by atoms with E-state index < -0.39 is 5.60 Å². The van der Waals surface area contributed by atoms with Crippen LogP contribution in [0.5, 0.6) is 0 Å². The van der Waals surface area contributed by atoms with Crippen molar-refractivity contribution >= 4 is 12.6 Å². The highest BCUT2D eigenvalue weighted by Gasteiger charge is 2.51. The summed E-state index contributed by atoms with van der Waals surface area (Å²) in [5.41, 5.74) is 2.24. The molecule has 0 spiro atoms. The number of rotatable bonds is 1. The Hall–Kier alpha value is -0.835. The molecule has 2 aliphatic rings. The van der Waals surface area contributed by atoms with E-state index in [1.165, 1.54) is 11.1 Å². The average molecular weight is 274 g/mol. The van der Waals surface area contributed by atoms with Crippen LogP contribution in [0.3, 0.4) is 0 Å². The second kappa shape index (κ2) is 4.09. The Kier molecular flexibility index (Phi) is 2.89. The van der Waals surface area contributed by atoms with Gasteiger partial charge in [-0.25, -0.2) is 0 Å². The van der Waals surface area contributed by atoms with Crippen LogP contribution >= 0.6 is 0 Å². The molecule has 1 aliphatic carbocycles. The van der Waals surface area contributed by atoms with Gasteiger partial charge in [0.05, 0.1) is 16.8 Å². The molecule has 3 rings (SSSR count). The van der Waals surface area contributed by atoms with Crippen molar-refractivity contribution in [3.05, 3.63) is 29.3 Å². The minimum absolute atomic E-state index is 0.317. The second-order valence-corrected chi connectivity index (χ2v) is 7.47. The van der Waals surface area contributed by atoms with Gasteiger partial charge in [-0.3, -0.25) is 0 Å². The molecule has 1 aromatic rings. The number of benzene rings is 1. The molecule has 1 saturated heterocycles. The Morgan fingerprint density at radius 2 is 1.50 bits per heavy atom. The van der Waals surface area contributed by atoms with Gasteiger partial charge >= 0.3 is 7.12 Å². The topological polar surface area (TPSA) is 38.7 Å². The van der Waals surface area contributed by atoms with Crippen molar-refractivity contribution in [2.75, 3.05) is 0 Å². The van der Waals surface area contributed by atoms with Crippen molar-refractivity contribution in [1.82, 2.24) is 0 Å². The molecule has 1 aliphatic heterocycles. The molecule has 0 saturated carbocycles. The van der Waals surface area contributed by atoms with Gasteiger partial charge in [0.1, 0.15) is 0 Å². The summed E-state index contributed by atoms with van der Waals surface area (Å²) in [6.45, 7) is 10.1. The first-order chi connectivity index (χ1) is 9.10. The fraction of sp³-hybridized carbons (Fsp3) is 0.625. The fourth-order valence-corrected chi connectivity index (χ4v) is 2.99. The summed E-state index contributed by atoms with van der Waals surface area (Å²) in [5, 5.41) is 10.2. The van der Waals surface area contributed by atoms with E-state index >= 15 is 0 Å². The van der Waals surface area contributed by atoms with Crippen LogP contribution in [-0.2, 0) is 22.2 Å². The van der Waals surface area contributed by atoms with Crippen molar-refractivity contribution in [3.8, 4) is 0 Å². The van der Waals surface area contributed by atoms with E-state index in [-0.39, 0.29) is 18.3 Å². The van der Waals surface area contributed by atoms with Crippen LogP contribution in [0.2, 0.25) is 0 Å². The van der Waals surface area contributed by atoms with Crippen LogP contribution in [0.4, 0.5) is 0 Å². The zero-order chi connectivity index (χ0) is 14.8. The van der Waals surface area contributed by atoms with E-state index in [1.54, 1.807) is 0 Å². The van der Waals surface area contributed by atoms with Gasteiger partial charge in [0.2, 0.25) is 0 Å². The van der Waals surface area contributed by atoms with Gasteiger partial charge in [-0.05, 0) is 51.2 Å². The maximum Gasteiger partial charge on any atom is 0.494 e. The predicted octanol–water partition coefficient (Wildman–Crippen LogP) is 1.84. The first-order valence-corrected chi connectivity index (χ1v) is 7.29. The molecule has 4 heteroatoms. The van der Waals surface area contributed by atoms with Gasteiger partial charge in [0.15, 0.2) is 0 Å². The van der Waals surface area contributed by atoms with E-state index in [1.807, 2.05) is 6.92 Å². The Balaban J connectivity index is 1.88. The average Bonchev–Trinajstić information content (AvgIpc) is 2.69. The Morgan fingerprint density at radius 1 is 0.950 bits per heavy atom. The van der Waals surface area contributed by atoms with E-state index in [9.17, 15) is 5.11 Å². The monoisotopic (exact) mass is 274 g/mol. The molecule has 0 radical (unpaired) electrons. The summed E-state index contributed by atoms with van der Waals surface area (Å²) in [6.07, 6.45) is 1.43. The largest absolute Gasteiger partial charge is 0.494 e. The molecule has 1 N–H and O–H groups in total. The normalized spacial score (nSPS) is 30.6. The molecule has 1 fully saturated rings. The molecular formula is C16H23BO3. The van der Waals surface area contributed by atoms with Gasteiger partial charge in [-0.2, -0.15) is 0 Å². The third-order valence-electron chi connectivity index (χ3n) is 4.90. The smallest absolute Gasteiger partial charge is 0.399 e. The van der Waals surface area contributed by atoms with E-state index in [0.29, 0.717) is 6.42 Å². The molecule has 1 atom stereocenters. The number of aliphatic hydroxyl groups is 1. The van der Waals surface area contributed by atoms with Crippen molar-refractivity contribution in [2.24, 2.45) is 0 Å². The SMILES string of the molecule is CC1(O)Cc2ccc(B3OC(C)(C)C(C)(C)O3)cc2C1. The lowest BCUT2D eigenvalue weighted by atomic mass is 9.78. The van der Waals surface area contributed by atoms with Crippen LogP contribution in [0.1, 0.15) is 45.7 Å². The van der Waals surface area contributed by atoms with Gasteiger partial charge in [0, 0.05) is 12.8 Å². The lowest BCUT2D eigenvalue weighted by Gasteiger charge is -2.32. The standard InChI is InChI=1S/C16H23BO3/c1-14(2)15(3,4)20-17(19-14)13-7-6-11-9-16(5,18)10-12(11)8-13/h6-8,18H,9-10H2,1-5H3. The Labute approximate surface area is 121 Å². The van der Waals surface area contributed by atoms with Crippen LogP contribution in [0.25, 0.3) is 0 Å². The molecule has 1 aromatic carbocycles. The highest BCUT2D eigenvalue weighted by atomic mass is 16.7. The van der Waals surface area contributed by atoms with Gasteiger partial charge in [0.25, 0.3) is 0 Å².